The molecule has 0 saturated heterocycles. The van der Waals surface area contributed by atoms with Crippen LogP contribution in [0.5, 0.6) is 5.75 Å². The highest BCUT2D eigenvalue weighted by molar-refractivity contribution is 5.72. The summed E-state index contributed by atoms with van der Waals surface area (Å²) in [6.45, 7) is 1.97. The fourth-order valence-corrected chi connectivity index (χ4v) is 1.24. The summed E-state index contributed by atoms with van der Waals surface area (Å²) in [6.07, 6.45) is 1.04. The Morgan fingerprint density at radius 3 is 2.60 bits per heavy atom. The minimum atomic E-state index is -0.290. The van der Waals surface area contributed by atoms with Gasteiger partial charge in [0.1, 0.15) is 5.75 Å². The van der Waals surface area contributed by atoms with Crippen LogP contribution in [0.1, 0.15) is 19.8 Å². The van der Waals surface area contributed by atoms with Gasteiger partial charge in [0.15, 0.2) is 0 Å². The van der Waals surface area contributed by atoms with E-state index in [2.05, 4.69) is 0 Å². The topological polar surface area (TPSA) is 46.5 Å². The Bertz CT molecular complexity index is 291. The number of benzene rings is 1. The van der Waals surface area contributed by atoms with E-state index in [-0.39, 0.29) is 24.9 Å². The Morgan fingerprint density at radius 2 is 2.07 bits per heavy atom. The Balaban J connectivity index is 2.43. The van der Waals surface area contributed by atoms with Gasteiger partial charge in [0.2, 0.25) is 0 Å². The molecule has 1 aromatic rings. The van der Waals surface area contributed by atoms with Crippen molar-refractivity contribution in [3.05, 3.63) is 30.3 Å². The zero-order valence-corrected chi connectivity index (χ0v) is 8.85. The molecule has 1 atom stereocenters. The summed E-state index contributed by atoms with van der Waals surface area (Å²) in [5, 5.41) is 8.93. The van der Waals surface area contributed by atoms with Crippen molar-refractivity contribution in [1.82, 2.24) is 0 Å². The quantitative estimate of drug-likeness (QED) is 0.594. The number of aliphatic hydroxyl groups excluding tert-OH is 1. The maximum atomic E-state index is 11.4. The van der Waals surface area contributed by atoms with Crippen molar-refractivity contribution in [2.45, 2.75) is 19.8 Å². The van der Waals surface area contributed by atoms with E-state index < -0.39 is 0 Å². The maximum Gasteiger partial charge on any atom is 0.311 e. The molecule has 15 heavy (non-hydrogen) atoms. The summed E-state index contributed by atoms with van der Waals surface area (Å²) < 4.78 is 5.10. The van der Waals surface area contributed by atoms with Crippen molar-refractivity contribution in [1.29, 1.82) is 0 Å². The number of carbonyl (C=O) groups excluding carboxylic acids is 1. The third-order valence-electron chi connectivity index (χ3n) is 2.27. The van der Waals surface area contributed by atoms with E-state index in [1.807, 2.05) is 25.1 Å². The van der Waals surface area contributed by atoms with Crippen LogP contribution in [0.15, 0.2) is 30.3 Å². The third kappa shape index (κ3) is 4.13. The summed E-state index contributed by atoms with van der Waals surface area (Å²) in [6, 6.07) is 8.95. The predicted molar refractivity (Wildman–Crippen MR) is 57.6 cm³/mol. The summed E-state index contributed by atoms with van der Waals surface area (Å²) >= 11 is 0. The Kier molecular flexibility index (Phi) is 4.84. The molecule has 3 heteroatoms. The molecule has 0 radical (unpaired) electrons. The largest absolute Gasteiger partial charge is 0.427 e. The van der Waals surface area contributed by atoms with Gasteiger partial charge < -0.3 is 9.84 Å². The van der Waals surface area contributed by atoms with Gasteiger partial charge in [-0.15, -0.1) is 0 Å². The average molecular weight is 208 g/mol. The van der Waals surface area contributed by atoms with Crippen LogP contribution in [-0.2, 0) is 4.79 Å². The van der Waals surface area contributed by atoms with E-state index in [9.17, 15) is 4.79 Å². The lowest BCUT2D eigenvalue weighted by Gasteiger charge is -2.10. The molecule has 3 nitrogen and oxygen atoms in total. The number of hydrogen-bond acceptors (Lipinski definition) is 3. The molecular weight excluding hydrogens is 192 g/mol. The number of aliphatic hydroxyl groups is 1. The lowest BCUT2D eigenvalue weighted by atomic mass is 10.0. The van der Waals surface area contributed by atoms with E-state index in [1.165, 1.54) is 0 Å². The van der Waals surface area contributed by atoms with Gasteiger partial charge in [0, 0.05) is 6.61 Å². The second-order valence-corrected chi connectivity index (χ2v) is 3.45. The molecular formula is C12H16O3. The zero-order valence-electron chi connectivity index (χ0n) is 8.85. The van der Waals surface area contributed by atoms with Crippen molar-refractivity contribution in [3.8, 4) is 5.75 Å². The molecule has 0 bridgehead atoms. The molecule has 1 unspecified atom stereocenters. The van der Waals surface area contributed by atoms with Gasteiger partial charge in [-0.1, -0.05) is 31.5 Å². The van der Waals surface area contributed by atoms with Gasteiger partial charge in [0.25, 0.3) is 0 Å². The summed E-state index contributed by atoms with van der Waals surface area (Å²) in [5.41, 5.74) is 0. The molecule has 0 aromatic heterocycles. The molecule has 0 amide bonds. The molecule has 0 aliphatic heterocycles. The van der Waals surface area contributed by atoms with Crippen molar-refractivity contribution >= 4 is 5.97 Å². The monoisotopic (exact) mass is 208 g/mol. The molecule has 0 saturated carbocycles. The van der Waals surface area contributed by atoms with Crippen molar-refractivity contribution in [3.63, 3.8) is 0 Å². The number of esters is 1. The van der Waals surface area contributed by atoms with Gasteiger partial charge >= 0.3 is 5.97 Å². The highest BCUT2D eigenvalue weighted by Crippen LogP contribution is 2.12. The van der Waals surface area contributed by atoms with E-state index >= 15 is 0 Å². The number of para-hydroxylation sites is 1. The van der Waals surface area contributed by atoms with Gasteiger partial charge in [-0.2, -0.15) is 0 Å². The summed E-state index contributed by atoms with van der Waals surface area (Å²) in [7, 11) is 0. The Morgan fingerprint density at radius 1 is 1.40 bits per heavy atom. The Hall–Kier alpha value is -1.35. The van der Waals surface area contributed by atoms with Gasteiger partial charge in [0.05, 0.1) is 6.42 Å². The van der Waals surface area contributed by atoms with E-state index in [1.54, 1.807) is 12.1 Å². The molecule has 0 spiro atoms. The first kappa shape index (κ1) is 11.7. The SMILES string of the molecule is CCC(CO)CC(=O)Oc1ccccc1. The van der Waals surface area contributed by atoms with E-state index in [4.69, 9.17) is 9.84 Å². The van der Waals surface area contributed by atoms with Crippen molar-refractivity contribution < 1.29 is 14.6 Å². The summed E-state index contributed by atoms with van der Waals surface area (Å²) in [5.74, 6) is 0.263. The van der Waals surface area contributed by atoms with Crippen molar-refractivity contribution in [2.24, 2.45) is 5.92 Å². The molecule has 1 rings (SSSR count). The number of ether oxygens (including phenoxy) is 1. The maximum absolute atomic E-state index is 11.4. The van der Waals surface area contributed by atoms with Crippen molar-refractivity contribution in [2.75, 3.05) is 6.61 Å². The van der Waals surface area contributed by atoms with Crippen LogP contribution in [-0.4, -0.2) is 17.7 Å². The summed E-state index contributed by atoms with van der Waals surface area (Å²) in [4.78, 5) is 11.4. The Labute approximate surface area is 89.7 Å². The van der Waals surface area contributed by atoms with Crippen LogP contribution < -0.4 is 4.74 Å². The molecule has 82 valence electrons. The molecule has 0 fully saturated rings. The minimum absolute atomic E-state index is 0.00112. The smallest absolute Gasteiger partial charge is 0.311 e. The lowest BCUT2D eigenvalue weighted by molar-refractivity contribution is -0.135. The van der Waals surface area contributed by atoms with E-state index in [0.717, 1.165) is 6.42 Å². The third-order valence-corrected chi connectivity index (χ3v) is 2.27. The zero-order chi connectivity index (χ0) is 11.1. The lowest BCUT2D eigenvalue weighted by Crippen LogP contribution is -2.16. The first-order valence-corrected chi connectivity index (χ1v) is 5.12. The fourth-order valence-electron chi connectivity index (χ4n) is 1.24. The highest BCUT2D eigenvalue weighted by atomic mass is 16.5. The number of rotatable bonds is 5. The average Bonchev–Trinajstić information content (AvgIpc) is 2.27. The van der Waals surface area contributed by atoms with Crippen LogP contribution in [0.4, 0.5) is 0 Å². The standard InChI is InChI=1S/C12H16O3/c1-2-10(9-13)8-12(14)15-11-6-4-3-5-7-11/h3-7,10,13H,2,8-9H2,1H3. The van der Waals surface area contributed by atoms with Gasteiger partial charge in [-0.3, -0.25) is 4.79 Å². The predicted octanol–water partition coefficient (Wildman–Crippen LogP) is 2.00. The van der Waals surface area contributed by atoms with Gasteiger partial charge in [-0.05, 0) is 18.1 Å². The fraction of sp³-hybridized carbons (Fsp3) is 0.417. The van der Waals surface area contributed by atoms with Crippen LogP contribution in [0, 0.1) is 5.92 Å². The second-order valence-electron chi connectivity index (χ2n) is 3.45. The number of carbonyl (C=O) groups is 1. The van der Waals surface area contributed by atoms with Crippen LogP contribution in [0.2, 0.25) is 0 Å². The second kappa shape index (κ2) is 6.19. The van der Waals surface area contributed by atoms with Gasteiger partial charge in [-0.25, -0.2) is 0 Å². The normalized spacial score (nSPS) is 12.1. The molecule has 1 N–H and O–H groups in total. The number of hydrogen-bond donors (Lipinski definition) is 1. The van der Waals surface area contributed by atoms with Crippen LogP contribution >= 0.6 is 0 Å². The van der Waals surface area contributed by atoms with Crippen LogP contribution in [0.3, 0.4) is 0 Å². The molecule has 0 aliphatic rings. The first-order valence-electron chi connectivity index (χ1n) is 5.12. The highest BCUT2D eigenvalue weighted by Gasteiger charge is 2.12. The molecule has 1 aromatic carbocycles. The van der Waals surface area contributed by atoms with E-state index in [0.29, 0.717) is 5.75 Å². The van der Waals surface area contributed by atoms with Crippen LogP contribution in [0.25, 0.3) is 0 Å². The minimum Gasteiger partial charge on any atom is -0.427 e. The molecule has 0 heterocycles. The first-order chi connectivity index (χ1) is 7.26. The molecule has 0 aliphatic carbocycles.